The zero-order valence-corrected chi connectivity index (χ0v) is 14.5. The summed E-state index contributed by atoms with van der Waals surface area (Å²) in [7, 11) is 0. The van der Waals surface area contributed by atoms with Gasteiger partial charge in [-0.1, -0.05) is 12.1 Å². The number of rotatable bonds is 3. The molecule has 134 valence electrons. The topological polar surface area (TPSA) is 67.9 Å². The molecule has 1 fully saturated rings. The number of fused-ring (bicyclic) bond motifs is 1. The zero-order chi connectivity index (χ0) is 18.1. The normalized spacial score (nSPS) is 18.7. The van der Waals surface area contributed by atoms with Crippen molar-refractivity contribution in [3.63, 3.8) is 0 Å². The maximum absolute atomic E-state index is 12.5. The van der Waals surface area contributed by atoms with Crippen molar-refractivity contribution in [1.29, 1.82) is 0 Å². The molecule has 26 heavy (non-hydrogen) atoms. The summed E-state index contributed by atoms with van der Waals surface area (Å²) >= 11 is 0. The van der Waals surface area contributed by atoms with E-state index in [-0.39, 0.29) is 18.4 Å². The van der Waals surface area contributed by atoms with Crippen molar-refractivity contribution in [3.8, 4) is 11.5 Å². The van der Waals surface area contributed by atoms with E-state index < -0.39 is 6.10 Å². The number of amides is 2. The first kappa shape index (κ1) is 16.4. The van der Waals surface area contributed by atoms with Gasteiger partial charge in [0, 0.05) is 24.3 Å². The quantitative estimate of drug-likeness (QED) is 0.922. The predicted molar refractivity (Wildman–Crippen MR) is 97.7 cm³/mol. The molecule has 0 aliphatic carbocycles. The fourth-order valence-electron chi connectivity index (χ4n) is 3.31. The van der Waals surface area contributed by atoms with Crippen LogP contribution in [0.1, 0.15) is 18.4 Å². The average molecular weight is 352 g/mol. The molecule has 6 nitrogen and oxygen atoms in total. The monoisotopic (exact) mass is 352 g/mol. The highest BCUT2D eigenvalue weighted by atomic mass is 16.6. The van der Waals surface area contributed by atoms with Crippen LogP contribution >= 0.6 is 0 Å². The van der Waals surface area contributed by atoms with E-state index in [0.29, 0.717) is 23.6 Å². The number of benzene rings is 2. The molecular formula is C20H20N2O4. The van der Waals surface area contributed by atoms with Crippen molar-refractivity contribution in [2.75, 3.05) is 23.4 Å². The van der Waals surface area contributed by atoms with Gasteiger partial charge < -0.3 is 19.7 Å². The Bertz CT molecular complexity index is 865. The first-order valence-corrected chi connectivity index (χ1v) is 8.72. The SMILES string of the molecule is Cc1cc(NC(=O)C2COc3ccccc3O2)ccc1N1CCCC1=O. The van der Waals surface area contributed by atoms with Crippen LogP contribution in [0.4, 0.5) is 11.4 Å². The van der Waals surface area contributed by atoms with Gasteiger partial charge in [-0.25, -0.2) is 0 Å². The Kier molecular flexibility index (Phi) is 4.24. The molecule has 0 spiro atoms. The van der Waals surface area contributed by atoms with E-state index >= 15 is 0 Å². The highest BCUT2D eigenvalue weighted by Gasteiger charge is 2.28. The van der Waals surface area contributed by atoms with Gasteiger partial charge in [0.2, 0.25) is 12.0 Å². The summed E-state index contributed by atoms with van der Waals surface area (Å²) < 4.78 is 11.3. The van der Waals surface area contributed by atoms with Gasteiger partial charge in [-0.2, -0.15) is 0 Å². The van der Waals surface area contributed by atoms with E-state index in [0.717, 1.165) is 24.2 Å². The van der Waals surface area contributed by atoms with Crippen LogP contribution in [0, 0.1) is 6.92 Å². The Morgan fingerprint density at radius 2 is 2.00 bits per heavy atom. The van der Waals surface area contributed by atoms with E-state index in [4.69, 9.17) is 9.47 Å². The molecule has 2 aromatic rings. The maximum atomic E-state index is 12.5. The highest BCUT2D eigenvalue weighted by Crippen LogP contribution is 2.31. The lowest BCUT2D eigenvalue weighted by Crippen LogP contribution is -2.40. The number of hydrogen-bond donors (Lipinski definition) is 1. The number of nitrogens with one attached hydrogen (secondary N) is 1. The van der Waals surface area contributed by atoms with Crippen molar-refractivity contribution in [2.24, 2.45) is 0 Å². The number of para-hydroxylation sites is 2. The molecule has 2 aliphatic heterocycles. The molecule has 0 aromatic heterocycles. The highest BCUT2D eigenvalue weighted by molar-refractivity contribution is 5.98. The summed E-state index contributed by atoms with van der Waals surface area (Å²) in [5, 5.41) is 2.86. The van der Waals surface area contributed by atoms with Gasteiger partial charge in [-0.3, -0.25) is 9.59 Å². The number of carbonyl (C=O) groups excluding carboxylic acids is 2. The number of hydrogen-bond acceptors (Lipinski definition) is 4. The van der Waals surface area contributed by atoms with Gasteiger partial charge in [-0.15, -0.1) is 0 Å². The van der Waals surface area contributed by atoms with Crippen molar-refractivity contribution >= 4 is 23.2 Å². The number of aryl methyl sites for hydroxylation is 1. The summed E-state index contributed by atoms with van der Waals surface area (Å²) in [5.74, 6) is 1.10. The molecule has 2 aromatic carbocycles. The van der Waals surface area contributed by atoms with E-state index in [1.54, 1.807) is 11.0 Å². The summed E-state index contributed by atoms with van der Waals surface area (Å²) in [6.07, 6.45) is 0.778. The maximum Gasteiger partial charge on any atom is 0.269 e. The van der Waals surface area contributed by atoms with Gasteiger partial charge in [0.25, 0.3) is 5.91 Å². The average Bonchev–Trinajstić information content (AvgIpc) is 3.07. The first-order valence-electron chi connectivity index (χ1n) is 8.72. The lowest BCUT2D eigenvalue weighted by atomic mass is 10.1. The molecule has 6 heteroatoms. The van der Waals surface area contributed by atoms with Crippen molar-refractivity contribution in [3.05, 3.63) is 48.0 Å². The fraction of sp³-hybridized carbons (Fsp3) is 0.300. The van der Waals surface area contributed by atoms with Gasteiger partial charge in [0.1, 0.15) is 6.61 Å². The van der Waals surface area contributed by atoms with Crippen LogP contribution in [-0.4, -0.2) is 31.1 Å². The first-order chi connectivity index (χ1) is 12.6. The Hall–Kier alpha value is -3.02. The molecule has 1 N–H and O–H groups in total. The zero-order valence-electron chi connectivity index (χ0n) is 14.5. The molecule has 0 bridgehead atoms. The standard InChI is InChI=1S/C20H20N2O4/c1-13-11-14(8-9-15(13)22-10-4-7-19(22)23)21-20(24)18-12-25-16-5-2-3-6-17(16)26-18/h2-3,5-6,8-9,11,18H,4,7,10,12H2,1H3,(H,21,24). The van der Waals surface area contributed by atoms with E-state index in [2.05, 4.69) is 5.32 Å². The van der Waals surface area contributed by atoms with Crippen LogP contribution < -0.4 is 19.7 Å². The molecule has 1 atom stereocenters. The number of carbonyl (C=O) groups is 2. The van der Waals surface area contributed by atoms with Gasteiger partial charge in [0.05, 0.1) is 0 Å². The summed E-state index contributed by atoms with van der Waals surface area (Å²) in [6.45, 7) is 2.85. The second kappa shape index (κ2) is 6.71. The third kappa shape index (κ3) is 3.10. The third-order valence-corrected chi connectivity index (χ3v) is 4.63. The van der Waals surface area contributed by atoms with Crippen molar-refractivity contribution < 1.29 is 19.1 Å². The van der Waals surface area contributed by atoms with Crippen LogP contribution in [0.3, 0.4) is 0 Å². The molecule has 1 saturated heterocycles. The van der Waals surface area contributed by atoms with Gasteiger partial charge >= 0.3 is 0 Å². The second-order valence-electron chi connectivity index (χ2n) is 6.50. The van der Waals surface area contributed by atoms with Crippen molar-refractivity contribution in [1.82, 2.24) is 0 Å². The van der Waals surface area contributed by atoms with E-state index in [1.807, 2.05) is 43.3 Å². The Morgan fingerprint density at radius 3 is 2.73 bits per heavy atom. The van der Waals surface area contributed by atoms with Gasteiger partial charge in [0.15, 0.2) is 11.5 Å². The summed E-state index contributed by atoms with van der Waals surface area (Å²) in [5.41, 5.74) is 2.52. The molecule has 1 unspecified atom stereocenters. The fourth-order valence-corrected chi connectivity index (χ4v) is 3.31. The minimum atomic E-state index is -0.704. The molecule has 0 saturated carbocycles. The van der Waals surface area contributed by atoms with Crippen LogP contribution in [0.25, 0.3) is 0 Å². The summed E-state index contributed by atoms with van der Waals surface area (Å²) in [6, 6.07) is 12.8. The van der Waals surface area contributed by atoms with Crippen LogP contribution in [-0.2, 0) is 9.59 Å². The molecule has 2 aliphatic rings. The minimum absolute atomic E-state index is 0.149. The molecule has 2 heterocycles. The Morgan fingerprint density at radius 1 is 1.19 bits per heavy atom. The molecule has 4 rings (SSSR count). The third-order valence-electron chi connectivity index (χ3n) is 4.63. The lowest BCUT2D eigenvalue weighted by molar-refractivity contribution is -0.125. The smallest absolute Gasteiger partial charge is 0.269 e. The number of anilines is 2. The minimum Gasteiger partial charge on any atom is -0.485 e. The van der Waals surface area contributed by atoms with Crippen LogP contribution in [0.2, 0.25) is 0 Å². The molecular weight excluding hydrogens is 332 g/mol. The molecule has 0 radical (unpaired) electrons. The number of ether oxygens (including phenoxy) is 2. The Balaban J connectivity index is 1.45. The summed E-state index contributed by atoms with van der Waals surface area (Å²) in [4.78, 5) is 26.2. The van der Waals surface area contributed by atoms with Crippen LogP contribution in [0.5, 0.6) is 11.5 Å². The van der Waals surface area contributed by atoms with Crippen LogP contribution in [0.15, 0.2) is 42.5 Å². The van der Waals surface area contributed by atoms with E-state index in [1.165, 1.54) is 0 Å². The largest absolute Gasteiger partial charge is 0.485 e. The lowest BCUT2D eigenvalue weighted by Gasteiger charge is -2.25. The van der Waals surface area contributed by atoms with E-state index in [9.17, 15) is 9.59 Å². The Labute approximate surface area is 151 Å². The number of nitrogens with zero attached hydrogens (tertiary/aromatic N) is 1. The van der Waals surface area contributed by atoms with Crippen molar-refractivity contribution in [2.45, 2.75) is 25.9 Å². The molecule has 2 amide bonds. The second-order valence-corrected chi connectivity index (χ2v) is 6.50. The van der Waals surface area contributed by atoms with Gasteiger partial charge in [-0.05, 0) is 49.2 Å². The predicted octanol–water partition coefficient (Wildman–Crippen LogP) is 2.90.